The summed E-state index contributed by atoms with van der Waals surface area (Å²) in [5.41, 5.74) is 0.202. The van der Waals surface area contributed by atoms with Gasteiger partial charge in [0.25, 0.3) is 0 Å². The minimum Gasteiger partial charge on any atom is -0.478 e. The molecule has 1 rings (SSSR count). The molecule has 0 saturated carbocycles. The molecule has 0 spiro atoms. The first-order chi connectivity index (χ1) is 8.04. The fourth-order valence-electron chi connectivity index (χ4n) is 1.14. The molecule has 1 N–H and O–H groups in total. The number of hydrogen-bond acceptors (Lipinski definition) is 4. The van der Waals surface area contributed by atoms with Gasteiger partial charge in [0.2, 0.25) is 0 Å². The number of aromatic nitrogens is 1. The van der Waals surface area contributed by atoms with E-state index in [1.807, 2.05) is 0 Å². The van der Waals surface area contributed by atoms with Gasteiger partial charge in [-0.2, -0.15) is 0 Å². The van der Waals surface area contributed by atoms with E-state index in [0.717, 1.165) is 0 Å². The van der Waals surface area contributed by atoms with Gasteiger partial charge in [-0.3, -0.25) is 9.78 Å². The molecule has 0 bridgehead atoms. The third-order valence-electron chi connectivity index (χ3n) is 1.84. The van der Waals surface area contributed by atoms with Crippen molar-refractivity contribution >= 4 is 33.8 Å². The van der Waals surface area contributed by atoms with Crippen LogP contribution in [0.5, 0.6) is 0 Å². The number of ether oxygens (including phenoxy) is 1. The van der Waals surface area contributed by atoms with Crippen molar-refractivity contribution in [1.29, 1.82) is 0 Å². The van der Waals surface area contributed by atoms with Crippen LogP contribution in [0.1, 0.15) is 5.56 Å². The minimum absolute atomic E-state index is 0.264. The third-order valence-corrected chi connectivity index (χ3v) is 2.28. The summed E-state index contributed by atoms with van der Waals surface area (Å²) in [5.74, 6) is -1.87. The van der Waals surface area contributed by atoms with Gasteiger partial charge in [0.05, 0.1) is 0 Å². The Morgan fingerprint density at radius 2 is 2.24 bits per heavy atom. The Kier molecular flexibility index (Phi) is 4.99. The molecule has 0 atom stereocenters. The average Bonchev–Trinajstić information content (AvgIpc) is 2.26. The van der Waals surface area contributed by atoms with Crippen molar-refractivity contribution in [2.75, 3.05) is 13.7 Å². The Bertz CT molecular complexity index is 470. The first-order valence-corrected chi connectivity index (χ1v) is 5.41. The fourth-order valence-corrected chi connectivity index (χ4v) is 1.53. The van der Waals surface area contributed by atoms with Crippen LogP contribution in [0.25, 0.3) is 6.08 Å². The summed E-state index contributed by atoms with van der Waals surface area (Å²) in [6, 6.07) is 1.66. The van der Waals surface area contributed by atoms with Crippen LogP contribution in [-0.4, -0.2) is 35.6 Å². The third kappa shape index (κ3) is 4.08. The van der Waals surface area contributed by atoms with Gasteiger partial charge in [0, 0.05) is 24.0 Å². The Morgan fingerprint density at radius 3 is 2.76 bits per heavy atom. The molecule has 0 aliphatic carbocycles. The van der Waals surface area contributed by atoms with Crippen molar-refractivity contribution < 1.29 is 19.4 Å². The number of aliphatic carboxylic acids is 1. The van der Waals surface area contributed by atoms with Crippen LogP contribution >= 0.6 is 15.9 Å². The zero-order chi connectivity index (χ0) is 12.8. The molecular formula is C11H10BrNO4. The van der Waals surface area contributed by atoms with Gasteiger partial charge in [-0.1, -0.05) is 0 Å². The summed E-state index contributed by atoms with van der Waals surface area (Å²) in [4.78, 5) is 26.3. The number of ketones is 1. The van der Waals surface area contributed by atoms with Crippen molar-refractivity contribution in [2.24, 2.45) is 0 Å². The minimum atomic E-state index is -1.29. The highest BCUT2D eigenvalue weighted by Gasteiger charge is 2.16. The van der Waals surface area contributed by atoms with Gasteiger partial charge < -0.3 is 9.84 Å². The second-order valence-corrected chi connectivity index (χ2v) is 4.07. The lowest BCUT2D eigenvalue weighted by atomic mass is 10.1. The van der Waals surface area contributed by atoms with E-state index in [2.05, 4.69) is 25.7 Å². The van der Waals surface area contributed by atoms with Crippen LogP contribution in [0, 0.1) is 0 Å². The molecule has 0 saturated heterocycles. The molecule has 1 heterocycles. The number of hydrogen-bond donors (Lipinski definition) is 1. The average molecular weight is 300 g/mol. The molecule has 6 heteroatoms. The van der Waals surface area contributed by atoms with E-state index >= 15 is 0 Å². The number of nitrogens with zero attached hydrogens (tertiary/aromatic N) is 1. The molecule has 0 aliphatic heterocycles. The van der Waals surface area contributed by atoms with E-state index in [-0.39, 0.29) is 12.2 Å². The molecular weight excluding hydrogens is 290 g/mol. The number of methoxy groups -OCH3 is 1. The van der Waals surface area contributed by atoms with Gasteiger partial charge in [0.1, 0.15) is 12.2 Å². The van der Waals surface area contributed by atoms with E-state index in [9.17, 15) is 9.59 Å². The summed E-state index contributed by atoms with van der Waals surface area (Å²) < 4.78 is 5.32. The molecule has 0 aromatic carbocycles. The number of rotatable bonds is 5. The van der Waals surface area contributed by atoms with Crippen LogP contribution in [0.15, 0.2) is 28.5 Å². The maximum absolute atomic E-state index is 11.5. The van der Waals surface area contributed by atoms with Crippen molar-refractivity contribution in [3.8, 4) is 0 Å². The molecule has 0 radical (unpaired) electrons. The standard InChI is InChI=1S/C11H10BrNO4/c1-17-6-10(14)9(11(15)16)3-7-2-8(12)5-13-4-7/h2-5H,6H2,1H3,(H,15,16). The van der Waals surface area contributed by atoms with Crippen molar-refractivity contribution in [3.63, 3.8) is 0 Å². The van der Waals surface area contributed by atoms with E-state index < -0.39 is 11.8 Å². The van der Waals surface area contributed by atoms with Gasteiger partial charge in [-0.05, 0) is 33.6 Å². The summed E-state index contributed by atoms with van der Waals surface area (Å²) in [6.45, 7) is -0.264. The lowest BCUT2D eigenvalue weighted by molar-refractivity contribution is -0.135. The summed E-state index contributed by atoms with van der Waals surface area (Å²) in [5, 5.41) is 8.92. The number of carboxylic acid groups (broad SMARTS) is 1. The second-order valence-electron chi connectivity index (χ2n) is 3.16. The highest BCUT2D eigenvalue weighted by atomic mass is 79.9. The van der Waals surface area contributed by atoms with Gasteiger partial charge in [-0.15, -0.1) is 0 Å². The highest BCUT2D eigenvalue weighted by Crippen LogP contribution is 2.13. The lowest BCUT2D eigenvalue weighted by Gasteiger charge is -2.01. The maximum atomic E-state index is 11.5. The number of halogens is 1. The van der Waals surface area contributed by atoms with Crippen LogP contribution in [-0.2, 0) is 14.3 Å². The molecule has 17 heavy (non-hydrogen) atoms. The molecule has 1 aromatic heterocycles. The van der Waals surface area contributed by atoms with Crippen molar-refractivity contribution in [2.45, 2.75) is 0 Å². The molecule has 0 unspecified atom stereocenters. The fraction of sp³-hybridized carbons (Fsp3) is 0.182. The first-order valence-electron chi connectivity index (χ1n) is 4.62. The second kappa shape index (κ2) is 6.27. The van der Waals surface area contributed by atoms with Gasteiger partial charge >= 0.3 is 5.97 Å². The molecule has 5 nitrogen and oxygen atoms in total. The first kappa shape index (κ1) is 13.5. The largest absolute Gasteiger partial charge is 0.478 e. The molecule has 1 aromatic rings. The van der Waals surface area contributed by atoms with Crippen LogP contribution < -0.4 is 0 Å². The van der Waals surface area contributed by atoms with Crippen LogP contribution in [0.2, 0.25) is 0 Å². The van der Waals surface area contributed by atoms with E-state index in [0.29, 0.717) is 10.0 Å². The Balaban J connectivity index is 3.06. The highest BCUT2D eigenvalue weighted by molar-refractivity contribution is 9.10. The van der Waals surface area contributed by atoms with Crippen molar-refractivity contribution in [1.82, 2.24) is 4.98 Å². The van der Waals surface area contributed by atoms with Crippen LogP contribution in [0.4, 0.5) is 0 Å². The molecule has 0 fully saturated rings. The number of Topliss-reactive ketones (excluding diaryl/α,β-unsaturated/α-hetero) is 1. The molecule has 0 amide bonds. The van der Waals surface area contributed by atoms with E-state index in [1.165, 1.54) is 19.4 Å². The monoisotopic (exact) mass is 299 g/mol. The Morgan fingerprint density at radius 1 is 1.53 bits per heavy atom. The zero-order valence-electron chi connectivity index (χ0n) is 9.01. The normalized spacial score (nSPS) is 11.3. The lowest BCUT2D eigenvalue weighted by Crippen LogP contribution is -2.16. The van der Waals surface area contributed by atoms with Gasteiger partial charge in [0.15, 0.2) is 5.78 Å². The predicted molar refractivity (Wildman–Crippen MR) is 64.4 cm³/mol. The maximum Gasteiger partial charge on any atom is 0.339 e. The van der Waals surface area contributed by atoms with Crippen molar-refractivity contribution in [3.05, 3.63) is 34.1 Å². The molecule has 90 valence electrons. The predicted octanol–water partition coefficient (Wildman–Crippen LogP) is 1.53. The smallest absolute Gasteiger partial charge is 0.339 e. The summed E-state index contributed by atoms with van der Waals surface area (Å²) in [7, 11) is 1.33. The Hall–Kier alpha value is -1.53. The number of carboxylic acids is 1. The summed E-state index contributed by atoms with van der Waals surface area (Å²) in [6.07, 6.45) is 4.30. The molecule has 0 aliphatic rings. The number of pyridine rings is 1. The van der Waals surface area contributed by atoms with E-state index in [4.69, 9.17) is 5.11 Å². The van der Waals surface area contributed by atoms with E-state index in [1.54, 1.807) is 12.3 Å². The van der Waals surface area contributed by atoms with Crippen LogP contribution in [0.3, 0.4) is 0 Å². The topological polar surface area (TPSA) is 76.5 Å². The summed E-state index contributed by atoms with van der Waals surface area (Å²) >= 11 is 3.21. The number of carbonyl (C=O) groups is 2. The zero-order valence-corrected chi connectivity index (χ0v) is 10.6. The quantitative estimate of drug-likeness (QED) is 0.507. The number of carbonyl (C=O) groups excluding carboxylic acids is 1. The van der Waals surface area contributed by atoms with Gasteiger partial charge in [-0.25, -0.2) is 4.79 Å². The SMILES string of the molecule is COCC(=O)C(=Cc1cncc(Br)c1)C(=O)O. The Labute approximate surface area is 106 Å².